The topological polar surface area (TPSA) is 151 Å². The Morgan fingerprint density at radius 2 is 1.82 bits per heavy atom. The maximum absolute atomic E-state index is 13.4. The van der Waals surface area contributed by atoms with E-state index in [0.717, 1.165) is 12.1 Å². The lowest BCUT2D eigenvalue weighted by Crippen LogP contribution is -2.25. The summed E-state index contributed by atoms with van der Waals surface area (Å²) in [4.78, 5) is 42.5. The number of carbonyl (C=O) groups excluding carboxylic acids is 2. The van der Waals surface area contributed by atoms with Crippen molar-refractivity contribution in [2.45, 2.75) is 19.8 Å². The molecule has 11 nitrogen and oxygen atoms in total. The number of hydrogen-bond donors (Lipinski definition) is 3. The zero-order valence-electron chi connectivity index (χ0n) is 20.0. The first-order chi connectivity index (χ1) is 18.3. The molecule has 0 atom stereocenters. The van der Waals surface area contributed by atoms with Crippen molar-refractivity contribution in [3.63, 3.8) is 0 Å². The van der Waals surface area contributed by atoms with E-state index < -0.39 is 29.4 Å². The van der Waals surface area contributed by atoms with E-state index in [4.69, 9.17) is 28.9 Å². The van der Waals surface area contributed by atoms with E-state index in [-0.39, 0.29) is 61.5 Å². The van der Waals surface area contributed by atoms with Crippen LogP contribution < -0.4 is 26.1 Å². The Morgan fingerprint density at radius 1 is 1.15 bits per heavy atom. The molecule has 15 heteroatoms. The van der Waals surface area contributed by atoms with Crippen molar-refractivity contribution in [2.24, 2.45) is 12.8 Å². The monoisotopic (exact) mass is 579 g/mol. The minimum absolute atomic E-state index is 0.0186. The first-order valence-electron chi connectivity index (χ1n) is 11.0. The molecule has 39 heavy (non-hydrogen) atoms. The largest absolute Gasteiger partial charge is 0.586 e. The minimum atomic E-state index is -3.87. The number of aromatic hydroxyl groups is 1. The molecule has 2 aromatic heterocycles. The van der Waals surface area contributed by atoms with Crippen LogP contribution in [0.2, 0.25) is 10.0 Å². The first kappa shape index (κ1) is 26.3. The number of carbonyl (C=O) groups is 2. The van der Waals surface area contributed by atoms with E-state index in [1.807, 2.05) is 0 Å². The van der Waals surface area contributed by atoms with E-state index >= 15 is 0 Å². The molecule has 0 fully saturated rings. The molecule has 0 saturated heterocycles. The highest BCUT2D eigenvalue weighted by molar-refractivity contribution is 6.34. The second-order valence-corrected chi connectivity index (χ2v) is 9.42. The number of rotatable bonds is 5. The Balaban J connectivity index is 1.56. The fourth-order valence-corrected chi connectivity index (χ4v) is 4.53. The zero-order valence-corrected chi connectivity index (χ0v) is 21.5. The number of aryl methyl sites for hydroxylation is 1. The molecule has 4 N–H and O–H groups in total. The Bertz CT molecular complexity index is 1790. The van der Waals surface area contributed by atoms with E-state index in [1.54, 1.807) is 6.92 Å². The zero-order chi connectivity index (χ0) is 28.4. The summed E-state index contributed by atoms with van der Waals surface area (Å²) >= 11 is 12.2. The van der Waals surface area contributed by atoms with E-state index in [0.29, 0.717) is 5.82 Å². The number of anilines is 1. The second kappa shape index (κ2) is 9.13. The minimum Gasteiger partial charge on any atom is -0.506 e. The van der Waals surface area contributed by atoms with Crippen LogP contribution >= 0.6 is 23.2 Å². The third-order valence-corrected chi connectivity index (χ3v) is 6.64. The van der Waals surface area contributed by atoms with Crippen LogP contribution in [0.4, 0.5) is 14.5 Å². The van der Waals surface area contributed by atoms with Gasteiger partial charge in [0.05, 0.1) is 26.7 Å². The van der Waals surface area contributed by atoms with Crippen molar-refractivity contribution in [1.82, 2.24) is 14.1 Å². The summed E-state index contributed by atoms with van der Waals surface area (Å²) in [6.45, 7) is 1.22. The molecule has 0 unspecified atom stereocenters. The average Bonchev–Trinajstić information content (AvgIpc) is 3.34. The standard InChI is InChI=1S/C24H17Cl2F2N5O6/c1-9-30-22-19(23(37)32(9)2)12(10-3-11(21(29)36)20(35)14(26)4-10)7-33(22)8-18(34)31-15-6-17-16(5-13(15)25)38-24(27,28)39-17/h3-7,35H,8H2,1-2H3,(H2,29,36)(H,31,34). The normalized spacial score (nSPS) is 13.6. The number of nitrogens with two attached hydrogens (primary N) is 1. The van der Waals surface area contributed by atoms with Gasteiger partial charge < -0.3 is 30.2 Å². The molecule has 1 aliphatic rings. The summed E-state index contributed by atoms with van der Waals surface area (Å²) < 4.78 is 38.2. The van der Waals surface area contributed by atoms with Gasteiger partial charge in [-0.1, -0.05) is 23.2 Å². The smallest absolute Gasteiger partial charge is 0.506 e. The highest BCUT2D eigenvalue weighted by Gasteiger charge is 2.44. The van der Waals surface area contributed by atoms with Gasteiger partial charge in [-0.25, -0.2) is 4.98 Å². The first-order valence-corrected chi connectivity index (χ1v) is 11.8. The van der Waals surface area contributed by atoms with Crippen molar-refractivity contribution in [3.05, 3.63) is 62.2 Å². The third-order valence-electron chi connectivity index (χ3n) is 6.04. The van der Waals surface area contributed by atoms with Crippen LogP contribution in [0.1, 0.15) is 16.2 Å². The molecular weight excluding hydrogens is 563 g/mol. The van der Waals surface area contributed by atoms with Crippen molar-refractivity contribution in [3.8, 4) is 28.4 Å². The number of nitrogens with zero attached hydrogens (tertiary/aromatic N) is 3. The number of phenols is 1. The highest BCUT2D eigenvalue weighted by atomic mass is 35.5. The summed E-state index contributed by atoms with van der Waals surface area (Å²) in [5.74, 6) is -2.37. The molecule has 202 valence electrons. The number of hydrogen-bond acceptors (Lipinski definition) is 7. The van der Waals surface area contributed by atoms with Crippen LogP contribution in [-0.2, 0) is 18.4 Å². The Morgan fingerprint density at radius 3 is 2.49 bits per heavy atom. The molecular formula is C24H17Cl2F2N5O6. The van der Waals surface area contributed by atoms with Crippen molar-refractivity contribution < 1.29 is 33.0 Å². The molecule has 0 bridgehead atoms. The second-order valence-electron chi connectivity index (χ2n) is 8.61. The fraction of sp³-hybridized carbons (Fsp3) is 0.167. The number of amides is 2. The molecule has 2 aromatic carbocycles. The summed E-state index contributed by atoms with van der Waals surface area (Å²) in [5.41, 5.74) is 5.29. The maximum Gasteiger partial charge on any atom is 0.586 e. The lowest BCUT2D eigenvalue weighted by molar-refractivity contribution is -0.286. The van der Waals surface area contributed by atoms with E-state index in [1.165, 1.54) is 34.5 Å². The Hall–Kier alpha value is -4.36. The van der Waals surface area contributed by atoms with Crippen LogP contribution in [0.25, 0.3) is 22.2 Å². The molecule has 3 heterocycles. The Kier molecular flexibility index (Phi) is 6.15. The summed E-state index contributed by atoms with van der Waals surface area (Å²) in [6, 6.07) is 4.78. The third kappa shape index (κ3) is 4.59. The van der Waals surface area contributed by atoms with E-state index in [2.05, 4.69) is 19.8 Å². The van der Waals surface area contributed by atoms with Gasteiger partial charge >= 0.3 is 6.29 Å². The van der Waals surface area contributed by atoms with Crippen LogP contribution in [0.15, 0.2) is 35.3 Å². The highest BCUT2D eigenvalue weighted by Crippen LogP contribution is 2.45. The van der Waals surface area contributed by atoms with E-state index in [9.17, 15) is 28.3 Å². The quantitative estimate of drug-likeness (QED) is 0.325. The maximum atomic E-state index is 13.4. The molecule has 1 aliphatic heterocycles. The van der Waals surface area contributed by atoms with Gasteiger partial charge in [0.25, 0.3) is 11.5 Å². The fourth-order valence-electron chi connectivity index (χ4n) is 4.11. The van der Waals surface area contributed by atoms with Crippen LogP contribution in [0.3, 0.4) is 0 Å². The summed E-state index contributed by atoms with van der Waals surface area (Å²) in [5, 5.41) is 12.5. The molecule has 0 radical (unpaired) electrons. The van der Waals surface area contributed by atoms with Gasteiger partial charge in [-0.2, -0.15) is 0 Å². The van der Waals surface area contributed by atoms with Gasteiger partial charge in [0.15, 0.2) is 11.5 Å². The van der Waals surface area contributed by atoms with Crippen molar-refractivity contribution >= 4 is 51.7 Å². The molecule has 5 rings (SSSR count). The molecule has 0 spiro atoms. The lowest BCUT2D eigenvalue weighted by atomic mass is 10.0. The summed E-state index contributed by atoms with van der Waals surface area (Å²) in [6.07, 6.45) is -2.41. The van der Waals surface area contributed by atoms with Gasteiger partial charge in [0, 0.05) is 30.9 Å². The number of aromatic nitrogens is 3. The van der Waals surface area contributed by atoms with Gasteiger partial charge in [-0.15, -0.1) is 8.78 Å². The van der Waals surface area contributed by atoms with Gasteiger partial charge in [0.2, 0.25) is 5.91 Å². The SMILES string of the molecule is Cc1nc2c(c(-c3cc(Cl)c(O)c(C(N)=O)c3)cn2CC(=O)Nc2cc3c(cc2Cl)OC(F)(F)O3)c(=O)n1C. The number of alkyl halides is 2. The molecule has 2 amide bonds. The number of nitrogens with one attached hydrogen (secondary N) is 1. The van der Waals surface area contributed by atoms with Gasteiger partial charge in [-0.3, -0.25) is 19.0 Å². The molecule has 0 saturated carbocycles. The van der Waals surface area contributed by atoms with Crippen LogP contribution in [-0.4, -0.2) is 37.3 Å². The Labute approximate surface area is 227 Å². The van der Waals surface area contributed by atoms with Crippen LogP contribution in [0, 0.1) is 6.92 Å². The predicted molar refractivity (Wildman–Crippen MR) is 137 cm³/mol. The average molecular weight is 580 g/mol. The number of ether oxygens (including phenoxy) is 2. The van der Waals surface area contributed by atoms with Crippen LogP contribution in [0.5, 0.6) is 17.2 Å². The van der Waals surface area contributed by atoms with Crippen molar-refractivity contribution in [2.75, 3.05) is 5.32 Å². The number of benzene rings is 2. The number of halogens is 4. The predicted octanol–water partition coefficient (Wildman–Crippen LogP) is 3.78. The lowest BCUT2D eigenvalue weighted by Gasteiger charge is -2.10. The molecule has 4 aromatic rings. The number of primary amides is 1. The van der Waals surface area contributed by atoms with Gasteiger partial charge in [0.1, 0.15) is 23.8 Å². The van der Waals surface area contributed by atoms with Gasteiger partial charge in [-0.05, 0) is 24.6 Å². The van der Waals surface area contributed by atoms with Crippen molar-refractivity contribution in [1.29, 1.82) is 0 Å². The molecule has 0 aliphatic carbocycles. The summed E-state index contributed by atoms with van der Waals surface area (Å²) in [7, 11) is 1.52. The number of fused-ring (bicyclic) bond motifs is 2.